The minimum absolute atomic E-state index is 0.303. The van der Waals surface area contributed by atoms with Crippen LogP contribution in [0.25, 0.3) is 0 Å². The van der Waals surface area contributed by atoms with Crippen molar-refractivity contribution in [3.8, 4) is 0 Å². The van der Waals surface area contributed by atoms with E-state index >= 15 is 0 Å². The summed E-state index contributed by atoms with van der Waals surface area (Å²) in [4.78, 5) is 0. The van der Waals surface area contributed by atoms with Gasteiger partial charge in [0.15, 0.2) is 0 Å². The summed E-state index contributed by atoms with van der Waals surface area (Å²) in [5, 5.41) is 13.3. The van der Waals surface area contributed by atoms with Crippen molar-refractivity contribution in [2.45, 2.75) is 18.9 Å². The number of ether oxygens (including phenoxy) is 1. The number of nitrogens with one attached hydrogen (secondary N) is 1. The van der Waals surface area contributed by atoms with Crippen LogP contribution in [0.2, 0.25) is 0 Å². The lowest BCUT2D eigenvalue weighted by molar-refractivity contribution is 0.0581. The van der Waals surface area contributed by atoms with Gasteiger partial charge in [-0.05, 0) is 30.7 Å². The molecule has 5 heteroatoms. The Bertz CT molecular complexity index is 365. The molecular formula is C13H19BrFNO2. The molecule has 18 heavy (non-hydrogen) atoms. The fraction of sp³-hybridized carbons (Fsp3) is 0.538. The molecule has 0 aromatic heterocycles. The second-order valence-corrected chi connectivity index (χ2v) is 5.54. The van der Waals surface area contributed by atoms with E-state index in [2.05, 4.69) is 21.2 Å². The Morgan fingerprint density at radius 1 is 1.44 bits per heavy atom. The molecule has 0 saturated carbocycles. The first-order valence-electron chi connectivity index (χ1n) is 5.80. The van der Waals surface area contributed by atoms with Crippen LogP contribution in [0.3, 0.4) is 0 Å². The Kier molecular flexibility index (Phi) is 6.21. The highest BCUT2D eigenvalue weighted by molar-refractivity contribution is 9.10. The molecule has 1 unspecified atom stereocenters. The van der Waals surface area contributed by atoms with E-state index in [1.54, 1.807) is 14.0 Å². The van der Waals surface area contributed by atoms with Gasteiger partial charge in [0, 0.05) is 31.1 Å². The normalized spacial score (nSPS) is 14.5. The monoisotopic (exact) mass is 319 g/mol. The van der Waals surface area contributed by atoms with Crippen molar-refractivity contribution in [3.63, 3.8) is 0 Å². The molecule has 0 bridgehead atoms. The maximum absolute atomic E-state index is 13.2. The first-order valence-corrected chi connectivity index (χ1v) is 6.59. The van der Waals surface area contributed by atoms with Gasteiger partial charge in [0.25, 0.3) is 0 Å². The van der Waals surface area contributed by atoms with Crippen LogP contribution in [-0.4, -0.2) is 37.5 Å². The van der Waals surface area contributed by atoms with Gasteiger partial charge in [0.2, 0.25) is 0 Å². The summed E-state index contributed by atoms with van der Waals surface area (Å²) >= 11 is 3.24. The van der Waals surface area contributed by atoms with E-state index in [9.17, 15) is 9.50 Å². The third-order valence-corrected chi connectivity index (χ3v) is 2.95. The molecule has 2 N–H and O–H groups in total. The van der Waals surface area contributed by atoms with Gasteiger partial charge in [-0.25, -0.2) is 4.39 Å². The van der Waals surface area contributed by atoms with E-state index in [4.69, 9.17) is 4.74 Å². The molecule has 1 rings (SSSR count). The van der Waals surface area contributed by atoms with Gasteiger partial charge in [0.05, 0.1) is 12.2 Å². The fourth-order valence-corrected chi connectivity index (χ4v) is 2.26. The molecule has 1 aromatic carbocycles. The zero-order chi connectivity index (χ0) is 13.6. The summed E-state index contributed by atoms with van der Waals surface area (Å²) in [5.74, 6) is -0.303. The zero-order valence-electron chi connectivity index (χ0n) is 10.7. The molecule has 3 nitrogen and oxygen atoms in total. The third-order valence-electron chi connectivity index (χ3n) is 2.50. The molecule has 0 fully saturated rings. The largest absolute Gasteiger partial charge is 0.389 e. The summed E-state index contributed by atoms with van der Waals surface area (Å²) in [6.07, 6.45) is 0.392. The zero-order valence-corrected chi connectivity index (χ0v) is 12.3. The molecule has 0 spiro atoms. The molecule has 0 heterocycles. The Hall–Kier alpha value is -0.490. The van der Waals surface area contributed by atoms with Crippen molar-refractivity contribution >= 4 is 15.9 Å². The van der Waals surface area contributed by atoms with E-state index in [1.165, 1.54) is 12.1 Å². The van der Waals surface area contributed by atoms with Crippen LogP contribution < -0.4 is 5.32 Å². The van der Waals surface area contributed by atoms with Crippen LogP contribution in [0.15, 0.2) is 22.7 Å². The second-order valence-electron chi connectivity index (χ2n) is 4.62. The average Bonchev–Trinajstić information content (AvgIpc) is 2.22. The predicted molar refractivity (Wildman–Crippen MR) is 73.2 cm³/mol. The molecule has 1 atom stereocenters. The molecular weight excluding hydrogens is 301 g/mol. The number of aliphatic hydroxyl groups is 1. The van der Waals surface area contributed by atoms with Crippen LogP contribution in [0.4, 0.5) is 4.39 Å². The van der Waals surface area contributed by atoms with E-state index in [1.807, 2.05) is 6.07 Å². The maximum Gasteiger partial charge on any atom is 0.124 e. The lowest BCUT2D eigenvalue weighted by atomic mass is 9.96. The minimum Gasteiger partial charge on any atom is -0.389 e. The first kappa shape index (κ1) is 15.6. The van der Waals surface area contributed by atoms with Crippen molar-refractivity contribution in [2.24, 2.45) is 0 Å². The number of halogens is 2. The lowest BCUT2D eigenvalue weighted by Gasteiger charge is -2.24. The summed E-state index contributed by atoms with van der Waals surface area (Å²) in [5.41, 5.74) is -0.151. The minimum atomic E-state index is -0.916. The van der Waals surface area contributed by atoms with Crippen LogP contribution in [0.5, 0.6) is 0 Å². The van der Waals surface area contributed by atoms with Gasteiger partial charge in [-0.3, -0.25) is 0 Å². The fourth-order valence-electron chi connectivity index (χ4n) is 1.75. The van der Waals surface area contributed by atoms with E-state index < -0.39 is 5.60 Å². The van der Waals surface area contributed by atoms with E-state index in [0.29, 0.717) is 30.6 Å². The second kappa shape index (κ2) is 7.19. The molecule has 0 aliphatic carbocycles. The number of hydrogen-bond acceptors (Lipinski definition) is 3. The predicted octanol–water partition coefficient (Wildman–Crippen LogP) is 2.12. The number of methoxy groups -OCH3 is 1. The summed E-state index contributed by atoms with van der Waals surface area (Å²) in [7, 11) is 1.63. The molecule has 0 saturated heterocycles. The topological polar surface area (TPSA) is 41.5 Å². The summed E-state index contributed by atoms with van der Waals surface area (Å²) < 4.78 is 18.8. The van der Waals surface area contributed by atoms with Crippen molar-refractivity contribution in [1.82, 2.24) is 5.32 Å². The van der Waals surface area contributed by atoms with Crippen LogP contribution >= 0.6 is 15.9 Å². The van der Waals surface area contributed by atoms with Crippen molar-refractivity contribution in [2.75, 3.05) is 26.8 Å². The van der Waals surface area contributed by atoms with Gasteiger partial charge in [0.1, 0.15) is 5.82 Å². The van der Waals surface area contributed by atoms with Gasteiger partial charge < -0.3 is 15.2 Å². The number of rotatable bonds is 7. The highest BCUT2D eigenvalue weighted by atomic mass is 79.9. The SMILES string of the molecule is COCCNCC(C)(O)Cc1cc(F)cc(Br)c1. The molecule has 0 aliphatic rings. The van der Waals surface area contributed by atoms with E-state index in [-0.39, 0.29) is 5.82 Å². The quantitative estimate of drug-likeness (QED) is 0.756. The Labute approximate surface area is 115 Å². The summed E-state index contributed by atoms with van der Waals surface area (Å²) in [6.45, 7) is 3.44. The molecule has 1 aromatic rings. The Morgan fingerprint density at radius 3 is 2.78 bits per heavy atom. The van der Waals surface area contributed by atoms with Crippen molar-refractivity contribution in [1.29, 1.82) is 0 Å². The number of benzene rings is 1. The lowest BCUT2D eigenvalue weighted by Crippen LogP contribution is -2.40. The highest BCUT2D eigenvalue weighted by Gasteiger charge is 2.20. The standard InChI is InChI=1S/C13H19BrFNO2/c1-13(17,9-16-3-4-18-2)8-10-5-11(14)7-12(15)6-10/h5-7,16-17H,3-4,8-9H2,1-2H3. The van der Waals surface area contributed by atoms with E-state index in [0.717, 1.165) is 5.56 Å². The van der Waals surface area contributed by atoms with Gasteiger partial charge in [-0.15, -0.1) is 0 Å². The van der Waals surface area contributed by atoms with Gasteiger partial charge in [-0.2, -0.15) is 0 Å². The average molecular weight is 320 g/mol. The Balaban J connectivity index is 2.53. The number of hydrogen-bond donors (Lipinski definition) is 2. The first-order chi connectivity index (χ1) is 8.43. The molecule has 0 amide bonds. The molecule has 102 valence electrons. The molecule has 0 radical (unpaired) electrons. The molecule has 0 aliphatic heterocycles. The highest BCUT2D eigenvalue weighted by Crippen LogP contribution is 2.19. The smallest absolute Gasteiger partial charge is 0.124 e. The van der Waals surface area contributed by atoms with Gasteiger partial charge >= 0.3 is 0 Å². The van der Waals surface area contributed by atoms with Crippen LogP contribution in [0, 0.1) is 5.82 Å². The van der Waals surface area contributed by atoms with Crippen molar-refractivity contribution < 1.29 is 14.2 Å². The van der Waals surface area contributed by atoms with Crippen molar-refractivity contribution in [3.05, 3.63) is 34.1 Å². The van der Waals surface area contributed by atoms with Crippen LogP contribution in [-0.2, 0) is 11.2 Å². The van der Waals surface area contributed by atoms with Gasteiger partial charge in [-0.1, -0.05) is 15.9 Å². The van der Waals surface area contributed by atoms with Crippen LogP contribution in [0.1, 0.15) is 12.5 Å². The maximum atomic E-state index is 13.2. The third kappa shape index (κ3) is 5.91. The summed E-state index contributed by atoms with van der Waals surface area (Å²) in [6, 6.07) is 4.65. The Morgan fingerprint density at radius 2 is 2.17 bits per heavy atom.